The highest BCUT2D eigenvalue weighted by molar-refractivity contribution is 5.81. The van der Waals surface area contributed by atoms with E-state index >= 15 is 0 Å². The summed E-state index contributed by atoms with van der Waals surface area (Å²) in [6.45, 7) is 5.31. The lowest BCUT2D eigenvalue weighted by atomic mass is 10.2. The van der Waals surface area contributed by atoms with Gasteiger partial charge in [-0.15, -0.1) is 0 Å². The van der Waals surface area contributed by atoms with Crippen LogP contribution < -0.4 is 10.6 Å². The summed E-state index contributed by atoms with van der Waals surface area (Å²) in [5.74, 6) is 0.0370. The predicted octanol–water partition coefficient (Wildman–Crippen LogP) is 1.26. The Morgan fingerprint density at radius 3 is 2.94 bits per heavy atom. The number of carbonyl (C=O) groups is 1. The molecule has 1 heterocycles. The fraction of sp³-hybridized carbons (Fsp3) is 0.615. The lowest BCUT2D eigenvalue weighted by Crippen LogP contribution is -2.42. The monoisotopic (exact) mass is 250 g/mol. The largest absolute Gasteiger partial charge is 0.355 e. The van der Waals surface area contributed by atoms with Gasteiger partial charge in [0.05, 0.1) is 11.7 Å². The molecule has 2 N–H and O–H groups in total. The van der Waals surface area contributed by atoms with Crippen LogP contribution in [0.5, 0.6) is 0 Å². The van der Waals surface area contributed by atoms with Gasteiger partial charge in [0, 0.05) is 19.3 Å². The van der Waals surface area contributed by atoms with Crippen LogP contribution in [-0.4, -0.2) is 28.7 Å². The van der Waals surface area contributed by atoms with Crippen molar-refractivity contribution in [2.45, 2.75) is 45.7 Å². The maximum atomic E-state index is 11.7. The standard InChI is InChI=1S/C13H22N4O/c1-3-4-5-8-14-13(18)11(2)15-10-12-7-6-9-16-17-12/h6-7,9,11,15H,3-5,8,10H2,1-2H3,(H,14,18). The second-order valence-corrected chi connectivity index (χ2v) is 4.32. The Morgan fingerprint density at radius 1 is 1.44 bits per heavy atom. The molecule has 5 heteroatoms. The van der Waals surface area contributed by atoms with Crippen molar-refractivity contribution in [2.75, 3.05) is 6.54 Å². The van der Waals surface area contributed by atoms with E-state index in [-0.39, 0.29) is 11.9 Å². The minimum Gasteiger partial charge on any atom is -0.355 e. The maximum Gasteiger partial charge on any atom is 0.236 e. The lowest BCUT2D eigenvalue weighted by Gasteiger charge is -2.13. The quantitative estimate of drug-likeness (QED) is 0.682. The van der Waals surface area contributed by atoms with Crippen LogP contribution in [0.15, 0.2) is 18.3 Å². The Kier molecular flexibility index (Phi) is 6.94. The van der Waals surface area contributed by atoms with Crippen molar-refractivity contribution in [1.29, 1.82) is 0 Å². The molecule has 0 aliphatic rings. The van der Waals surface area contributed by atoms with E-state index in [1.54, 1.807) is 6.20 Å². The van der Waals surface area contributed by atoms with Crippen LogP contribution in [0, 0.1) is 0 Å². The van der Waals surface area contributed by atoms with E-state index in [0.717, 1.165) is 31.5 Å². The third-order valence-corrected chi connectivity index (χ3v) is 2.69. The Morgan fingerprint density at radius 2 is 2.28 bits per heavy atom. The van der Waals surface area contributed by atoms with Gasteiger partial charge in [-0.3, -0.25) is 4.79 Å². The van der Waals surface area contributed by atoms with Gasteiger partial charge in [0.2, 0.25) is 5.91 Å². The van der Waals surface area contributed by atoms with Crippen molar-refractivity contribution in [2.24, 2.45) is 0 Å². The number of unbranched alkanes of at least 4 members (excludes halogenated alkanes) is 2. The van der Waals surface area contributed by atoms with Crippen molar-refractivity contribution >= 4 is 5.91 Å². The third-order valence-electron chi connectivity index (χ3n) is 2.69. The first-order chi connectivity index (χ1) is 8.74. The van der Waals surface area contributed by atoms with Gasteiger partial charge in [0.15, 0.2) is 0 Å². The summed E-state index contributed by atoms with van der Waals surface area (Å²) in [5.41, 5.74) is 0.836. The maximum absolute atomic E-state index is 11.7. The van der Waals surface area contributed by atoms with E-state index in [9.17, 15) is 4.79 Å². The van der Waals surface area contributed by atoms with Crippen LogP contribution >= 0.6 is 0 Å². The van der Waals surface area contributed by atoms with Gasteiger partial charge in [-0.1, -0.05) is 19.8 Å². The van der Waals surface area contributed by atoms with Gasteiger partial charge in [-0.2, -0.15) is 10.2 Å². The third kappa shape index (κ3) is 5.72. The second kappa shape index (κ2) is 8.58. The number of nitrogens with zero attached hydrogens (tertiary/aromatic N) is 2. The first kappa shape index (κ1) is 14.6. The second-order valence-electron chi connectivity index (χ2n) is 4.32. The summed E-state index contributed by atoms with van der Waals surface area (Å²) in [6, 6.07) is 3.50. The Bertz CT molecular complexity index is 342. The molecule has 1 aromatic heterocycles. The van der Waals surface area contributed by atoms with E-state index in [2.05, 4.69) is 27.8 Å². The molecule has 0 saturated heterocycles. The molecule has 1 amide bonds. The minimum absolute atomic E-state index is 0.0370. The zero-order chi connectivity index (χ0) is 13.2. The summed E-state index contributed by atoms with van der Waals surface area (Å²) in [6.07, 6.45) is 4.99. The van der Waals surface area contributed by atoms with Gasteiger partial charge in [-0.25, -0.2) is 0 Å². The summed E-state index contributed by atoms with van der Waals surface area (Å²) in [5, 5.41) is 13.8. The highest BCUT2D eigenvalue weighted by Gasteiger charge is 2.11. The van der Waals surface area contributed by atoms with Crippen LogP contribution in [0.4, 0.5) is 0 Å². The lowest BCUT2D eigenvalue weighted by molar-refractivity contribution is -0.122. The molecule has 18 heavy (non-hydrogen) atoms. The molecule has 1 aromatic rings. The van der Waals surface area contributed by atoms with E-state index in [1.807, 2.05) is 19.1 Å². The smallest absolute Gasteiger partial charge is 0.236 e. The molecule has 0 aromatic carbocycles. The molecule has 0 bridgehead atoms. The average Bonchev–Trinajstić information content (AvgIpc) is 2.42. The molecule has 0 radical (unpaired) electrons. The molecular weight excluding hydrogens is 228 g/mol. The van der Waals surface area contributed by atoms with Gasteiger partial charge in [-0.05, 0) is 25.5 Å². The normalized spacial score (nSPS) is 12.1. The highest BCUT2D eigenvalue weighted by atomic mass is 16.2. The van der Waals surface area contributed by atoms with Gasteiger partial charge < -0.3 is 10.6 Å². The van der Waals surface area contributed by atoms with Crippen molar-refractivity contribution < 1.29 is 4.79 Å². The molecule has 1 unspecified atom stereocenters. The number of rotatable bonds is 8. The molecule has 0 spiro atoms. The molecule has 1 atom stereocenters. The highest BCUT2D eigenvalue weighted by Crippen LogP contribution is 1.94. The summed E-state index contributed by atoms with van der Waals surface area (Å²) in [7, 11) is 0. The number of hydrogen-bond acceptors (Lipinski definition) is 4. The summed E-state index contributed by atoms with van der Waals surface area (Å²) in [4.78, 5) is 11.7. The first-order valence-electron chi connectivity index (χ1n) is 6.51. The van der Waals surface area contributed by atoms with Gasteiger partial charge in [0.1, 0.15) is 0 Å². The Balaban J connectivity index is 2.19. The van der Waals surface area contributed by atoms with Crippen LogP contribution in [0.2, 0.25) is 0 Å². The molecule has 0 saturated carbocycles. The van der Waals surface area contributed by atoms with Crippen LogP contribution in [0.1, 0.15) is 38.8 Å². The number of carbonyl (C=O) groups excluding carboxylic acids is 1. The zero-order valence-corrected chi connectivity index (χ0v) is 11.1. The van der Waals surface area contributed by atoms with Crippen molar-refractivity contribution in [3.05, 3.63) is 24.0 Å². The zero-order valence-electron chi connectivity index (χ0n) is 11.1. The number of nitrogens with one attached hydrogen (secondary N) is 2. The van der Waals surface area contributed by atoms with Crippen LogP contribution in [-0.2, 0) is 11.3 Å². The van der Waals surface area contributed by atoms with E-state index in [0.29, 0.717) is 6.54 Å². The molecule has 0 aliphatic carbocycles. The molecule has 1 rings (SSSR count). The van der Waals surface area contributed by atoms with Crippen molar-refractivity contribution in [3.8, 4) is 0 Å². The summed E-state index contributed by atoms with van der Waals surface area (Å²) < 4.78 is 0. The number of hydrogen-bond donors (Lipinski definition) is 2. The van der Waals surface area contributed by atoms with E-state index in [1.165, 1.54) is 0 Å². The van der Waals surface area contributed by atoms with Gasteiger partial charge in [0.25, 0.3) is 0 Å². The Hall–Kier alpha value is -1.49. The SMILES string of the molecule is CCCCCNC(=O)C(C)NCc1cccnn1. The number of aromatic nitrogens is 2. The van der Waals surface area contributed by atoms with Crippen LogP contribution in [0.3, 0.4) is 0 Å². The van der Waals surface area contributed by atoms with Gasteiger partial charge >= 0.3 is 0 Å². The predicted molar refractivity (Wildman–Crippen MR) is 70.9 cm³/mol. The topological polar surface area (TPSA) is 66.9 Å². The molecule has 0 fully saturated rings. The Labute approximate surface area is 108 Å². The van der Waals surface area contributed by atoms with E-state index < -0.39 is 0 Å². The van der Waals surface area contributed by atoms with E-state index in [4.69, 9.17) is 0 Å². The van der Waals surface area contributed by atoms with Crippen molar-refractivity contribution in [1.82, 2.24) is 20.8 Å². The molecular formula is C13H22N4O. The fourth-order valence-electron chi connectivity index (χ4n) is 1.52. The first-order valence-corrected chi connectivity index (χ1v) is 6.51. The molecule has 100 valence electrons. The molecule has 5 nitrogen and oxygen atoms in total. The minimum atomic E-state index is -0.214. The number of amides is 1. The van der Waals surface area contributed by atoms with Crippen LogP contribution in [0.25, 0.3) is 0 Å². The fourth-order valence-corrected chi connectivity index (χ4v) is 1.52. The molecule has 0 aliphatic heterocycles. The summed E-state index contributed by atoms with van der Waals surface area (Å²) >= 11 is 0. The average molecular weight is 250 g/mol. The van der Waals surface area contributed by atoms with Crippen molar-refractivity contribution in [3.63, 3.8) is 0 Å².